The average molecular weight is 383 g/mol. The van der Waals surface area contributed by atoms with Crippen LogP contribution in [0.3, 0.4) is 0 Å². The van der Waals surface area contributed by atoms with E-state index in [2.05, 4.69) is 4.74 Å². The highest BCUT2D eigenvalue weighted by Crippen LogP contribution is 2.31. The Bertz CT molecular complexity index is 1080. The zero-order valence-electron chi connectivity index (χ0n) is 13.3. The van der Waals surface area contributed by atoms with E-state index in [9.17, 15) is 26.4 Å². The molecule has 0 aliphatic heterocycles. The number of ether oxygens (including phenoxy) is 1. The third kappa shape index (κ3) is 2.94. The molecule has 0 aliphatic rings. The maximum absolute atomic E-state index is 12.9. The van der Waals surface area contributed by atoms with Gasteiger partial charge >= 0.3 is 12.1 Å². The zero-order valence-corrected chi connectivity index (χ0v) is 14.1. The van der Waals surface area contributed by atoms with Crippen LogP contribution in [-0.2, 0) is 20.9 Å². The quantitative estimate of drug-likeness (QED) is 0.647. The van der Waals surface area contributed by atoms with Crippen LogP contribution in [0.4, 0.5) is 13.2 Å². The lowest BCUT2D eigenvalue weighted by molar-refractivity contribution is -0.137. The highest BCUT2D eigenvalue weighted by Gasteiger charge is 2.31. The summed E-state index contributed by atoms with van der Waals surface area (Å²) in [5.41, 5.74) is -0.699. The van der Waals surface area contributed by atoms with Crippen LogP contribution in [0.15, 0.2) is 59.6 Å². The van der Waals surface area contributed by atoms with Crippen molar-refractivity contribution in [3.63, 3.8) is 0 Å². The molecule has 1 heterocycles. The summed E-state index contributed by atoms with van der Waals surface area (Å²) in [6.07, 6.45) is -3.47. The Balaban J connectivity index is 2.18. The Morgan fingerprint density at radius 2 is 1.65 bits per heavy atom. The van der Waals surface area contributed by atoms with Crippen molar-refractivity contribution >= 4 is 26.9 Å². The summed E-state index contributed by atoms with van der Waals surface area (Å²) >= 11 is 0. The summed E-state index contributed by atoms with van der Waals surface area (Å²) < 4.78 is 69.3. The fraction of sp³-hybridized carbons (Fsp3) is 0.118. The summed E-state index contributed by atoms with van der Waals surface area (Å²) in [7, 11) is -3.04. The number of para-hydroxylation sites is 1. The predicted octanol–water partition coefficient (Wildman–Crippen LogP) is 3.68. The van der Waals surface area contributed by atoms with Gasteiger partial charge in [-0.05, 0) is 30.3 Å². The topological polar surface area (TPSA) is 65.4 Å². The maximum atomic E-state index is 12.9. The largest absolute Gasteiger partial charge is 0.465 e. The summed E-state index contributed by atoms with van der Waals surface area (Å²) in [6, 6.07) is 9.41. The molecule has 3 rings (SSSR count). The third-order valence-electron chi connectivity index (χ3n) is 3.82. The van der Waals surface area contributed by atoms with Crippen LogP contribution < -0.4 is 0 Å². The second-order valence-electron chi connectivity index (χ2n) is 5.37. The first-order valence-corrected chi connectivity index (χ1v) is 8.71. The van der Waals surface area contributed by atoms with Crippen molar-refractivity contribution in [2.75, 3.05) is 7.11 Å². The van der Waals surface area contributed by atoms with Gasteiger partial charge in [0.05, 0.1) is 28.6 Å². The predicted molar refractivity (Wildman–Crippen MR) is 87.3 cm³/mol. The van der Waals surface area contributed by atoms with Gasteiger partial charge in [-0.15, -0.1) is 0 Å². The lowest BCUT2D eigenvalue weighted by Gasteiger charge is -2.10. The van der Waals surface area contributed by atoms with Crippen molar-refractivity contribution in [3.8, 4) is 0 Å². The number of carbonyl (C=O) groups excluding carboxylic acids is 1. The lowest BCUT2D eigenvalue weighted by Crippen LogP contribution is -2.13. The summed E-state index contributed by atoms with van der Waals surface area (Å²) in [6.45, 7) is 0. The number of rotatable bonds is 3. The Morgan fingerprint density at radius 1 is 1.04 bits per heavy atom. The minimum absolute atomic E-state index is 0.0404. The van der Waals surface area contributed by atoms with Crippen molar-refractivity contribution in [2.24, 2.45) is 0 Å². The van der Waals surface area contributed by atoms with Crippen LogP contribution in [-0.4, -0.2) is 25.5 Å². The first-order valence-electron chi connectivity index (χ1n) is 7.27. The monoisotopic (exact) mass is 383 g/mol. The van der Waals surface area contributed by atoms with Gasteiger partial charge in [-0.1, -0.05) is 18.2 Å². The summed E-state index contributed by atoms with van der Waals surface area (Å²) in [5, 5.41) is 0.356. The second kappa shape index (κ2) is 6.17. The van der Waals surface area contributed by atoms with Crippen LogP contribution >= 0.6 is 0 Å². The molecule has 5 nitrogen and oxygen atoms in total. The molecule has 0 aliphatic carbocycles. The van der Waals surface area contributed by atoms with E-state index in [1.54, 1.807) is 18.2 Å². The number of alkyl halides is 3. The van der Waals surface area contributed by atoms with Crippen molar-refractivity contribution in [1.29, 1.82) is 0 Å². The number of esters is 1. The number of carbonyl (C=O) groups is 1. The van der Waals surface area contributed by atoms with E-state index in [1.807, 2.05) is 0 Å². The Morgan fingerprint density at radius 3 is 2.23 bits per heavy atom. The maximum Gasteiger partial charge on any atom is 0.416 e. The molecule has 0 radical (unpaired) electrons. The van der Waals surface area contributed by atoms with Crippen LogP contribution in [0.25, 0.3) is 10.9 Å². The van der Waals surface area contributed by atoms with Gasteiger partial charge in [-0.25, -0.2) is 17.2 Å². The molecule has 0 N–H and O–H groups in total. The van der Waals surface area contributed by atoms with E-state index in [0.29, 0.717) is 17.5 Å². The zero-order chi connectivity index (χ0) is 19.1. The lowest BCUT2D eigenvalue weighted by atomic mass is 10.2. The Kier molecular flexibility index (Phi) is 4.27. The van der Waals surface area contributed by atoms with Gasteiger partial charge in [0.2, 0.25) is 0 Å². The van der Waals surface area contributed by atoms with Gasteiger partial charge in [0.25, 0.3) is 10.0 Å². The third-order valence-corrected chi connectivity index (χ3v) is 5.51. The molecule has 0 fully saturated rings. The second-order valence-corrected chi connectivity index (χ2v) is 7.19. The van der Waals surface area contributed by atoms with E-state index in [4.69, 9.17) is 0 Å². The van der Waals surface area contributed by atoms with E-state index in [0.717, 1.165) is 22.3 Å². The number of hydrogen-bond donors (Lipinski definition) is 0. The highest BCUT2D eigenvalue weighted by atomic mass is 32.2. The smallest absolute Gasteiger partial charge is 0.416 e. The molecular formula is C17H12F3NO4S. The summed E-state index contributed by atoms with van der Waals surface area (Å²) in [5.74, 6) is -0.720. The summed E-state index contributed by atoms with van der Waals surface area (Å²) in [4.78, 5) is 11.6. The van der Waals surface area contributed by atoms with Gasteiger partial charge in [0, 0.05) is 11.6 Å². The molecule has 0 bridgehead atoms. The van der Waals surface area contributed by atoms with Gasteiger partial charge < -0.3 is 4.74 Å². The molecular weight excluding hydrogens is 371 g/mol. The molecule has 0 saturated heterocycles. The van der Waals surface area contributed by atoms with Crippen molar-refractivity contribution in [1.82, 2.24) is 3.97 Å². The SMILES string of the molecule is COC(=O)c1cn(S(=O)(=O)c2ccc(C(F)(F)F)cc2)c2ccccc12. The Hall–Kier alpha value is -2.81. The minimum Gasteiger partial charge on any atom is -0.465 e. The number of fused-ring (bicyclic) bond motifs is 1. The number of aromatic nitrogens is 1. The molecule has 26 heavy (non-hydrogen) atoms. The molecule has 0 amide bonds. The molecule has 0 unspecified atom stereocenters. The van der Waals surface area contributed by atoms with E-state index in [1.165, 1.54) is 13.2 Å². The normalized spacial score (nSPS) is 12.3. The van der Waals surface area contributed by atoms with Crippen molar-refractivity contribution < 1.29 is 31.1 Å². The number of nitrogens with zero attached hydrogens (tertiary/aromatic N) is 1. The first kappa shape index (κ1) is 18.0. The number of benzene rings is 2. The standard InChI is InChI=1S/C17H12F3NO4S/c1-25-16(22)14-10-21(15-5-3-2-4-13(14)15)26(23,24)12-8-6-11(7-9-12)17(18,19)20/h2-10H,1H3. The van der Waals surface area contributed by atoms with Crippen molar-refractivity contribution in [2.45, 2.75) is 11.1 Å². The molecule has 2 aromatic carbocycles. The van der Waals surface area contributed by atoms with Crippen LogP contribution in [0.5, 0.6) is 0 Å². The fourth-order valence-corrected chi connectivity index (χ4v) is 3.92. The van der Waals surface area contributed by atoms with Gasteiger partial charge in [-0.3, -0.25) is 0 Å². The number of halogens is 3. The van der Waals surface area contributed by atoms with Gasteiger partial charge in [-0.2, -0.15) is 13.2 Å². The van der Waals surface area contributed by atoms with Crippen LogP contribution in [0.1, 0.15) is 15.9 Å². The van der Waals surface area contributed by atoms with Crippen LogP contribution in [0, 0.1) is 0 Å². The molecule has 9 heteroatoms. The highest BCUT2D eigenvalue weighted by molar-refractivity contribution is 7.90. The molecule has 1 aromatic heterocycles. The minimum atomic E-state index is -4.57. The molecule has 3 aromatic rings. The van der Waals surface area contributed by atoms with E-state index in [-0.39, 0.29) is 16.0 Å². The van der Waals surface area contributed by atoms with E-state index < -0.39 is 27.7 Å². The fourth-order valence-electron chi connectivity index (χ4n) is 2.55. The number of methoxy groups -OCH3 is 1. The van der Waals surface area contributed by atoms with Gasteiger partial charge in [0.15, 0.2) is 0 Å². The molecule has 136 valence electrons. The Labute approximate surface area is 146 Å². The first-order chi connectivity index (χ1) is 12.2. The van der Waals surface area contributed by atoms with Gasteiger partial charge in [0.1, 0.15) is 0 Å². The average Bonchev–Trinajstić information content (AvgIpc) is 3.01. The molecule has 0 saturated carbocycles. The van der Waals surface area contributed by atoms with E-state index >= 15 is 0 Å². The van der Waals surface area contributed by atoms with Crippen molar-refractivity contribution in [3.05, 3.63) is 65.9 Å². The molecule has 0 spiro atoms. The van der Waals surface area contributed by atoms with Crippen LogP contribution in [0.2, 0.25) is 0 Å². The molecule has 0 atom stereocenters. The number of hydrogen-bond acceptors (Lipinski definition) is 4.